The minimum atomic E-state index is 0.797. The van der Waals surface area contributed by atoms with Crippen LogP contribution in [0.4, 0.5) is 5.69 Å². The first-order valence-corrected chi connectivity index (χ1v) is 11.3. The summed E-state index contributed by atoms with van der Waals surface area (Å²) in [4.78, 5) is 2.13. The van der Waals surface area contributed by atoms with Gasteiger partial charge in [0.2, 0.25) is 0 Å². The van der Waals surface area contributed by atoms with Gasteiger partial charge >= 0.3 is 0 Å². The van der Waals surface area contributed by atoms with Gasteiger partial charge in [-0.05, 0) is 107 Å². The Hall–Kier alpha value is -3.32. The first-order chi connectivity index (χ1) is 15.3. The number of fused-ring (bicyclic) bond motifs is 1. The number of anilines is 1. The van der Waals surface area contributed by atoms with Crippen molar-refractivity contribution in [2.24, 2.45) is 0 Å². The van der Waals surface area contributed by atoms with Crippen molar-refractivity contribution in [3.8, 4) is 0 Å². The Balaban J connectivity index is 1.81. The summed E-state index contributed by atoms with van der Waals surface area (Å²) in [5.74, 6) is 0. The van der Waals surface area contributed by atoms with E-state index >= 15 is 0 Å². The van der Waals surface area contributed by atoms with Crippen LogP contribution in [0.15, 0.2) is 79.4 Å². The van der Waals surface area contributed by atoms with Gasteiger partial charge < -0.3 is 4.90 Å². The third-order valence-electron chi connectivity index (χ3n) is 6.77. The number of rotatable bonds is 5. The number of hydrogen-bond donors (Lipinski definition) is 0. The molecule has 3 aromatic rings. The zero-order valence-electron chi connectivity index (χ0n) is 20.0. The summed E-state index contributed by atoms with van der Waals surface area (Å²) >= 11 is 0. The third-order valence-corrected chi connectivity index (χ3v) is 6.77. The highest BCUT2D eigenvalue weighted by Crippen LogP contribution is 2.44. The van der Waals surface area contributed by atoms with E-state index in [0.29, 0.717) is 0 Å². The summed E-state index contributed by atoms with van der Waals surface area (Å²) < 4.78 is 0. The number of benzene rings is 3. The maximum Gasteiger partial charge on any atom is 0.0367 e. The molecule has 0 aromatic heterocycles. The van der Waals surface area contributed by atoms with Crippen LogP contribution < -0.4 is 4.90 Å². The molecule has 0 spiro atoms. The zero-order chi connectivity index (χ0) is 23.0. The Labute approximate surface area is 193 Å². The molecular formula is C31H33N. The monoisotopic (exact) mass is 419 g/mol. The highest BCUT2D eigenvalue weighted by Gasteiger charge is 2.24. The minimum Gasteiger partial charge on any atom is -0.378 e. The van der Waals surface area contributed by atoms with Gasteiger partial charge in [0.25, 0.3) is 0 Å². The summed E-state index contributed by atoms with van der Waals surface area (Å²) in [5, 5.41) is 0. The van der Waals surface area contributed by atoms with Crippen LogP contribution in [-0.2, 0) is 6.42 Å². The first-order valence-electron chi connectivity index (χ1n) is 11.3. The van der Waals surface area contributed by atoms with E-state index in [1.807, 2.05) is 0 Å². The average molecular weight is 420 g/mol. The molecule has 1 nitrogen and oxygen atoms in total. The van der Waals surface area contributed by atoms with Crippen LogP contribution in [0.5, 0.6) is 0 Å². The molecule has 0 amide bonds. The molecule has 0 unspecified atom stereocenters. The minimum absolute atomic E-state index is 0.797. The maximum absolute atomic E-state index is 4.60. The SMILES string of the molecule is C=C(CC1=C(c2ccc(C)c(C)c2)Cc2cccc(C)c2C1=C)c1cccc(N(C)C)c1. The van der Waals surface area contributed by atoms with Crippen LogP contribution in [0.3, 0.4) is 0 Å². The Morgan fingerprint density at radius 3 is 2.34 bits per heavy atom. The van der Waals surface area contributed by atoms with Crippen LogP contribution in [-0.4, -0.2) is 14.1 Å². The summed E-state index contributed by atoms with van der Waals surface area (Å²) in [6, 6.07) is 22.1. The summed E-state index contributed by atoms with van der Waals surface area (Å²) in [6.45, 7) is 15.7. The Morgan fingerprint density at radius 2 is 1.62 bits per heavy atom. The van der Waals surface area contributed by atoms with Crippen LogP contribution in [0.1, 0.15) is 45.4 Å². The molecular weight excluding hydrogens is 386 g/mol. The van der Waals surface area contributed by atoms with E-state index in [2.05, 4.69) is 114 Å². The van der Waals surface area contributed by atoms with Crippen molar-refractivity contribution >= 4 is 22.4 Å². The lowest BCUT2D eigenvalue weighted by Gasteiger charge is -2.28. The van der Waals surface area contributed by atoms with Gasteiger partial charge in [-0.15, -0.1) is 0 Å². The van der Waals surface area contributed by atoms with Gasteiger partial charge in [0.05, 0.1) is 0 Å². The topological polar surface area (TPSA) is 3.24 Å². The largest absolute Gasteiger partial charge is 0.378 e. The lowest BCUT2D eigenvalue weighted by Crippen LogP contribution is -2.10. The van der Waals surface area contributed by atoms with Gasteiger partial charge in [0, 0.05) is 19.8 Å². The average Bonchev–Trinajstić information content (AvgIpc) is 2.77. The molecule has 4 rings (SSSR count). The van der Waals surface area contributed by atoms with Crippen molar-refractivity contribution in [1.29, 1.82) is 0 Å². The predicted molar refractivity (Wildman–Crippen MR) is 141 cm³/mol. The van der Waals surface area contributed by atoms with E-state index < -0.39 is 0 Å². The predicted octanol–water partition coefficient (Wildman–Crippen LogP) is 7.80. The van der Waals surface area contributed by atoms with E-state index in [1.165, 1.54) is 55.8 Å². The summed E-state index contributed by atoms with van der Waals surface area (Å²) in [7, 11) is 4.15. The first kappa shape index (κ1) is 21.9. The van der Waals surface area contributed by atoms with E-state index in [-0.39, 0.29) is 0 Å². The zero-order valence-corrected chi connectivity index (χ0v) is 20.0. The molecule has 1 aliphatic carbocycles. The molecule has 0 atom stereocenters. The molecule has 0 heterocycles. The van der Waals surface area contributed by atoms with Gasteiger partial charge in [-0.3, -0.25) is 0 Å². The van der Waals surface area contributed by atoms with Crippen molar-refractivity contribution in [1.82, 2.24) is 0 Å². The van der Waals surface area contributed by atoms with Crippen molar-refractivity contribution in [2.45, 2.75) is 33.6 Å². The molecule has 1 heteroatoms. The van der Waals surface area contributed by atoms with Crippen LogP contribution >= 0.6 is 0 Å². The fourth-order valence-corrected chi connectivity index (χ4v) is 4.68. The lowest BCUT2D eigenvalue weighted by atomic mass is 9.76. The molecule has 3 aromatic carbocycles. The van der Waals surface area contributed by atoms with Gasteiger partial charge in [0.1, 0.15) is 0 Å². The lowest BCUT2D eigenvalue weighted by molar-refractivity contribution is 1.13. The van der Waals surface area contributed by atoms with E-state index in [4.69, 9.17) is 0 Å². The van der Waals surface area contributed by atoms with Crippen LogP contribution in [0.25, 0.3) is 16.7 Å². The summed E-state index contributed by atoms with van der Waals surface area (Å²) in [5.41, 5.74) is 15.3. The van der Waals surface area contributed by atoms with Crippen molar-refractivity contribution < 1.29 is 0 Å². The molecule has 0 bridgehead atoms. The maximum atomic E-state index is 4.60. The summed E-state index contributed by atoms with van der Waals surface area (Å²) in [6.07, 6.45) is 1.73. The number of nitrogens with zero attached hydrogens (tertiary/aromatic N) is 1. The second kappa shape index (κ2) is 8.67. The van der Waals surface area contributed by atoms with Gasteiger partial charge in [0.15, 0.2) is 0 Å². The van der Waals surface area contributed by atoms with Crippen LogP contribution in [0.2, 0.25) is 0 Å². The van der Waals surface area contributed by atoms with E-state index in [0.717, 1.165) is 24.0 Å². The number of aryl methyl sites for hydroxylation is 3. The number of allylic oxidation sites excluding steroid dienone is 4. The second-order valence-electron chi connectivity index (χ2n) is 9.25. The fraction of sp³-hybridized carbons (Fsp3) is 0.226. The molecule has 0 aliphatic heterocycles. The quantitative estimate of drug-likeness (QED) is 0.408. The van der Waals surface area contributed by atoms with E-state index in [9.17, 15) is 0 Å². The van der Waals surface area contributed by atoms with Crippen LogP contribution in [0, 0.1) is 20.8 Å². The standard InChI is InChI=1S/C31H33N/c1-20-14-15-26(16-22(20)3)30-19-27-12-8-10-21(2)31(27)24(5)29(30)17-23(4)25-11-9-13-28(18-25)32(6)7/h8-16,18H,4-5,17,19H2,1-3,6-7H3. The molecule has 0 saturated heterocycles. The Bertz CT molecular complexity index is 1250. The highest BCUT2D eigenvalue weighted by molar-refractivity contribution is 5.96. The molecule has 32 heavy (non-hydrogen) atoms. The van der Waals surface area contributed by atoms with E-state index in [1.54, 1.807) is 0 Å². The van der Waals surface area contributed by atoms with Gasteiger partial charge in [-0.25, -0.2) is 0 Å². The van der Waals surface area contributed by atoms with Gasteiger partial charge in [-0.1, -0.05) is 61.7 Å². The molecule has 1 aliphatic rings. The molecule has 0 saturated carbocycles. The number of hydrogen-bond acceptors (Lipinski definition) is 1. The second-order valence-corrected chi connectivity index (χ2v) is 9.25. The molecule has 0 radical (unpaired) electrons. The molecule has 0 N–H and O–H groups in total. The molecule has 0 fully saturated rings. The van der Waals surface area contributed by atoms with Crippen molar-refractivity contribution in [3.63, 3.8) is 0 Å². The van der Waals surface area contributed by atoms with Gasteiger partial charge in [-0.2, -0.15) is 0 Å². The fourth-order valence-electron chi connectivity index (χ4n) is 4.68. The molecule has 162 valence electrons. The Kier molecular flexibility index (Phi) is 5.93. The van der Waals surface area contributed by atoms with Crippen molar-refractivity contribution in [3.05, 3.63) is 118 Å². The Morgan fingerprint density at radius 1 is 0.875 bits per heavy atom. The normalized spacial score (nSPS) is 13.2. The van der Waals surface area contributed by atoms with Crippen molar-refractivity contribution in [2.75, 3.05) is 19.0 Å². The highest BCUT2D eigenvalue weighted by atomic mass is 15.1. The third kappa shape index (κ3) is 4.08. The smallest absolute Gasteiger partial charge is 0.0367 e.